The molecule has 1 aromatic heterocycles. The molecule has 0 bridgehead atoms. The predicted molar refractivity (Wildman–Crippen MR) is 71.2 cm³/mol. The van der Waals surface area contributed by atoms with Gasteiger partial charge in [0.25, 0.3) is 0 Å². The zero-order valence-corrected chi connectivity index (χ0v) is 11.4. The van der Waals surface area contributed by atoms with Crippen LogP contribution < -0.4 is 15.2 Å². The number of nitrogens with zero attached hydrogens (tertiary/aromatic N) is 1. The Hall–Kier alpha value is -2.01. The second kappa shape index (κ2) is 5.75. The Bertz CT molecular complexity index is 544. The van der Waals surface area contributed by atoms with Gasteiger partial charge in [-0.25, -0.2) is 0 Å². The SMILES string of the molecule is COc1ccc(CN)cc1OCc1c(C)noc1C. The molecule has 0 radical (unpaired) electrons. The molecule has 2 rings (SSSR count). The first-order valence-electron chi connectivity index (χ1n) is 6.07. The standard InChI is InChI=1S/C14H18N2O3/c1-9-12(10(2)19-16-9)8-18-14-6-11(7-15)4-5-13(14)17-3/h4-6H,7-8,15H2,1-3H3. The molecule has 19 heavy (non-hydrogen) atoms. The van der Waals surface area contributed by atoms with Gasteiger partial charge in [-0.05, 0) is 31.5 Å². The molecular weight excluding hydrogens is 244 g/mol. The number of ether oxygens (including phenoxy) is 2. The Morgan fingerprint density at radius 3 is 2.63 bits per heavy atom. The number of nitrogens with two attached hydrogens (primary N) is 1. The van der Waals surface area contributed by atoms with E-state index in [1.54, 1.807) is 7.11 Å². The zero-order valence-electron chi connectivity index (χ0n) is 11.4. The number of methoxy groups -OCH3 is 1. The van der Waals surface area contributed by atoms with E-state index >= 15 is 0 Å². The minimum atomic E-state index is 0.394. The Labute approximate surface area is 112 Å². The Morgan fingerprint density at radius 2 is 2.05 bits per heavy atom. The third kappa shape index (κ3) is 2.88. The summed E-state index contributed by atoms with van der Waals surface area (Å²) in [6.07, 6.45) is 0. The van der Waals surface area contributed by atoms with Crippen LogP contribution in [0.2, 0.25) is 0 Å². The van der Waals surface area contributed by atoms with Crippen molar-refractivity contribution in [2.24, 2.45) is 5.73 Å². The average Bonchev–Trinajstić information content (AvgIpc) is 2.75. The lowest BCUT2D eigenvalue weighted by Gasteiger charge is -2.11. The van der Waals surface area contributed by atoms with E-state index in [-0.39, 0.29) is 0 Å². The Balaban J connectivity index is 2.18. The predicted octanol–water partition coefficient (Wildman–Crippen LogP) is 2.34. The number of aryl methyl sites for hydroxylation is 2. The smallest absolute Gasteiger partial charge is 0.161 e. The highest BCUT2D eigenvalue weighted by molar-refractivity contribution is 5.43. The molecule has 0 saturated heterocycles. The van der Waals surface area contributed by atoms with E-state index in [1.165, 1.54) is 0 Å². The van der Waals surface area contributed by atoms with Gasteiger partial charge in [0.05, 0.1) is 18.4 Å². The van der Waals surface area contributed by atoms with E-state index in [2.05, 4.69) is 5.16 Å². The van der Waals surface area contributed by atoms with Gasteiger partial charge >= 0.3 is 0 Å². The van der Waals surface area contributed by atoms with Crippen molar-refractivity contribution in [3.8, 4) is 11.5 Å². The molecule has 102 valence electrons. The van der Waals surface area contributed by atoms with Crippen LogP contribution in [0.4, 0.5) is 0 Å². The van der Waals surface area contributed by atoms with Crippen LogP contribution >= 0.6 is 0 Å². The number of hydrogen-bond donors (Lipinski definition) is 1. The third-order valence-electron chi connectivity index (χ3n) is 3.02. The molecular formula is C14H18N2O3. The molecule has 5 heteroatoms. The molecule has 1 heterocycles. The minimum Gasteiger partial charge on any atom is -0.493 e. The molecule has 5 nitrogen and oxygen atoms in total. The second-order valence-electron chi connectivity index (χ2n) is 4.28. The highest BCUT2D eigenvalue weighted by atomic mass is 16.5. The summed E-state index contributed by atoms with van der Waals surface area (Å²) in [5.41, 5.74) is 8.42. The van der Waals surface area contributed by atoms with E-state index in [4.69, 9.17) is 19.7 Å². The van der Waals surface area contributed by atoms with Crippen molar-refractivity contribution in [2.75, 3.05) is 7.11 Å². The van der Waals surface area contributed by atoms with E-state index in [0.29, 0.717) is 24.7 Å². The van der Waals surface area contributed by atoms with Crippen LogP contribution in [0.15, 0.2) is 22.7 Å². The number of benzene rings is 1. The van der Waals surface area contributed by atoms with Crippen molar-refractivity contribution in [3.63, 3.8) is 0 Å². The monoisotopic (exact) mass is 262 g/mol. The summed E-state index contributed by atoms with van der Waals surface area (Å²) in [5, 5.41) is 3.90. The van der Waals surface area contributed by atoms with E-state index in [9.17, 15) is 0 Å². The maximum absolute atomic E-state index is 5.80. The molecule has 0 atom stereocenters. The molecule has 2 N–H and O–H groups in total. The van der Waals surface area contributed by atoms with E-state index in [0.717, 1.165) is 22.6 Å². The van der Waals surface area contributed by atoms with Crippen molar-refractivity contribution < 1.29 is 14.0 Å². The van der Waals surface area contributed by atoms with Crippen LogP contribution in [0.5, 0.6) is 11.5 Å². The lowest BCUT2D eigenvalue weighted by Crippen LogP contribution is -2.02. The van der Waals surface area contributed by atoms with E-state index in [1.807, 2.05) is 32.0 Å². The molecule has 0 fully saturated rings. The van der Waals surface area contributed by atoms with Crippen molar-refractivity contribution >= 4 is 0 Å². The Morgan fingerprint density at radius 1 is 1.26 bits per heavy atom. The largest absolute Gasteiger partial charge is 0.493 e. The van der Waals surface area contributed by atoms with Crippen molar-refractivity contribution in [3.05, 3.63) is 40.8 Å². The lowest BCUT2D eigenvalue weighted by atomic mass is 10.2. The number of aromatic nitrogens is 1. The quantitative estimate of drug-likeness (QED) is 0.895. The van der Waals surface area contributed by atoms with Gasteiger partial charge in [0.15, 0.2) is 11.5 Å². The molecule has 2 aromatic rings. The third-order valence-corrected chi connectivity index (χ3v) is 3.02. The molecule has 0 aliphatic rings. The van der Waals surface area contributed by atoms with Gasteiger partial charge < -0.3 is 19.7 Å². The average molecular weight is 262 g/mol. The van der Waals surface area contributed by atoms with Crippen molar-refractivity contribution in [1.29, 1.82) is 0 Å². The molecule has 0 spiro atoms. The fourth-order valence-corrected chi connectivity index (χ4v) is 1.82. The first kappa shape index (κ1) is 13.4. The first-order valence-corrected chi connectivity index (χ1v) is 6.07. The fourth-order valence-electron chi connectivity index (χ4n) is 1.82. The first-order chi connectivity index (χ1) is 9.15. The molecule has 0 unspecified atom stereocenters. The van der Waals surface area contributed by atoms with Crippen LogP contribution in [0.25, 0.3) is 0 Å². The lowest BCUT2D eigenvalue weighted by molar-refractivity contribution is 0.281. The van der Waals surface area contributed by atoms with Crippen molar-refractivity contribution in [2.45, 2.75) is 27.0 Å². The minimum absolute atomic E-state index is 0.394. The summed E-state index contributed by atoms with van der Waals surface area (Å²) in [4.78, 5) is 0. The number of hydrogen-bond acceptors (Lipinski definition) is 5. The van der Waals surface area contributed by atoms with Crippen molar-refractivity contribution in [1.82, 2.24) is 5.16 Å². The van der Waals surface area contributed by atoms with Gasteiger partial charge in [0.1, 0.15) is 12.4 Å². The molecule has 0 saturated carbocycles. The summed E-state index contributed by atoms with van der Waals surface area (Å²) < 4.78 is 16.2. The molecule has 1 aromatic carbocycles. The molecule has 0 aliphatic carbocycles. The second-order valence-corrected chi connectivity index (χ2v) is 4.28. The maximum atomic E-state index is 5.80. The van der Waals surface area contributed by atoms with Gasteiger partial charge in [0, 0.05) is 6.54 Å². The highest BCUT2D eigenvalue weighted by Crippen LogP contribution is 2.29. The highest BCUT2D eigenvalue weighted by Gasteiger charge is 2.11. The topological polar surface area (TPSA) is 70.5 Å². The van der Waals surface area contributed by atoms with Gasteiger partial charge in [-0.3, -0.25) is 0 Å². The van der Waals surface area contributed by atoms with Gasteiger partial charge in [-0.1, -0.05) is 11.2 Å². The molecule has 0 aliphatic heterocycles. The fraction of sp³-hybridized carbons (Fsp3) is 0.357. The van der Waals surface area contributed by atoms with Crippen LogP contribution in [0.3, 0.4) is 0 Å². The van der Waals surface area contributed by atoms with Gasteiger partial charge in [0.2, 0.25) is 0 Å². The van der Waals surface area contributed by atoms with Gasteiger partial charge in [-0.2, -0.15) is 0 Å². The summed E-state index contributed by atoms with van der Waals surface area (Å²) in [6.45, 7) is 4.62. The van der Waals surface area contributed by atoms with Gasteiger partial charge in [-0.15, -0.1) is 0 Å². The van der Waals surface area contributed by atoms with Crippen LogP contribution in [0.1, 0.15) is 22.6 Å². The summed E-state index contributed by atoms with van der Waals surface area (Å²) >= 11 is 0. The maximum Gasteiger partial charge on any atom is 0.161 e. The Kier molecular flexibility index (Phi) is 4.06. The summed E-state index contributed by atoms with van der Waals surface area (Å²) in [7, 11) is 1.61. The van der Waals surface area contributed by atoms with Crippen LogP contribution in [0, 0.1) is 13.8 Å². The molecule has 0 amide bonds. The zero-order chi connectivity index (χ0) is 13.8. The normalized spacial score (nSPS) is 10.5. The summed E-state index contributed by atoms with van der Waals surface area (Å²) in [6, 6.07) is 5.66. The summed E-state index contributed by atoms with van der Waals surface area (Å²) in [5.74, 6) is 2.13. The van der Waals surface area contributed by atoms with E-state index < -0.39 is 0 Å². The van der Waals surface area contributed by atoms with Crippen LogP contribution in [-0.4, -0.2) is 12.3 Å². The van der Waals surface area contributed by atoms with Crippen LogP contribution in [-0.2, 0) is 13.2 Å². The number of rotatable bonds is 5.